The molecule has 2 rings (SSSR count). The van der Waals surface area contributed by atoms with E-state index in [1.807, 2.05) is 19.1 Å². The number of hydrogen-bond acceptors (Lipinski definition) is 2. The Bertz CT molecular complexity index is 564. The molecular weight excluding hydrogens is 231 g/mol. The monoisotopic (exact) mass is 244 g/mol. The van der Waals surface area contributed by atoms with E-state index >= 15 is 0 Å². The minimum absolute atomic E-state index is 0.0561. The first-order valence-corrected chi connectivity index (χ1v) is 5.76. The van der Waals surface area contributed by atoms with Crippen LogP contribution in [0.5, 0.6) is 5.75 Å². The summed E-state index contributed by atoms with van der Waals surface area (Å²) in [4.78, 5) is 11.8. The fourth-order valence-electron chi connectivity index (χ4n) is 1.62. The van der Waals surface area contributed by atoms with E-state index in [1.54, 1.807) is 18.2 Å². The smallest absolute Gasteiger partial charge is 0.346 e. The fraction of sp³-hybridized carbons (Fsp3) is 0.133. The summed E-state index contributed by atoms with van der Waals surface area (Å²) in [5, 5.41) is 0. The third-order valence-electron chi connectivity index (χ3n) is 2.61. The van der Waals surface area contributed by atoms with E-state index in [-0.39, 0.29) is 5.56 Å². The normalized spacial score (nSPS) is 10.1. The van der Waals surface area contributed by atoms with Crippen LogP contribution >= 0.6 is 0 Å². The molecule has 0 N–H and O–H groups in total. The standard InChI is InChI=1S/C15H13FO2/c1-2-11-6-5-7-12(10-11)18-15(17)13-8-3-4-9-14(13)16/h3-10H,2H2,1H3. The summed E-state index contributed by atoms with van der Waals surface area (Å²) in [6.07, 6.45) is 0.852. The summed E-state index contributed by atoms with van der Waals surface area (Å²) in [5.74, 6) is -0.821. The van der Waals surface area contributed by atoms with Crippen LogP contribution in [0.4, 0.5) is 4.39 Å². The molecule has 0 saturated heterocycles. The molecule has 0 aliphatic carbocycles. The minimum atomic E-state index is -0.679. The third-order valence-corrected chi connectivity index (χ3v) is 2.61. The number of benzene rings is 2. The lowest BCUT2D eigenvalue weighted by molar-refractivity contribution is 0.0730. The highest BCUT2D eigenvalue weighted by Crippen LogP contribution is 2.16. The maximum atomic E-state index is 13.4. The highest BCUT2D eigenvalue weighted by molar-refractivity contribution is 5.91. The first kappa shape index (κ1) is 12.3. The number of rotatable bonds is 3. The van der Waals surface area contributed by atoms with Gasteiger partial charge in [-0.15, -0.1) is 0 Å². The summed E-state index contributed by atoms with van der Waals surface area (Å²) < 4.78 is 18.5. The molecule has 0 amide bonds. The van der Waals surface area contributed by atoms with Crippen molar-refractivity contribution in [1.29, 1.82) is 0 Å². The van der Waals surface area contributed by atoms with Gasteiger partial charge in [0.15, 0.2) is 0 Å². The van der Waals surface area contributed by atoms with Gasteiger partial charge in [-0.3, -0.25) is 0 Å². The first-order valence-electron chi connectivity index (χ1n) is 5.76. The van der Waals surface area contributed by atoms with Gasteiger partial charge in [-0.25, -0.2) is 9.18 Å². The number of carbonyl (C=O) groups is 1. The highest BCUT2D eigenvalue weighted by Gasteiger charge is 2.13. The maximum Gasteiger partial charge on any atom is 0.346 e. The molecule has 0 saturated carbocycles. The zero-order valence-electron chi connectivity index (χ0n) is 10.0. The molecule has 0 fully saturated rings. The predicted molar refractivity (Wildman–Crippen MR) is 67.2 cm³/mol. The fourth-order valence-corrected chi connectivity index (χ4v) is 1.62. The molecule has 92 valence electrons. The van der Waals surface area contributed by atoms with Crippen molar-refractivity contribution in [1.82, 2.24) is 0 Å². The molecule has 2 aromatic carbocycles. The molecule has 0 heterocycles. The largest absolute Gasteiger partial charge is 0.423 e. The SMILES string of the molecule is CCc1cccc(OC(=O)c2ccccc2F)c1. The first-order chi connectivity index (χ1) is 8.70. The van der Waals surface area contributed by atoms with Crippen LogP contribution in [0.1, 0.15) is 22.8 Å². The molecule has 2 nitrogen and oxygen atoms in total. The van der Waals surface area contributed by atoms with E-state index in [0.29, 0.717) is 5.75 Å². The highest BCUT2D eigenvalue weighted by atomic mass is 19.1. The average Bonchev–Trinajstić information content (AvgIpc) is 2.39. The van der Waals surface area contributed by atoms with E-state index in [0.717, 1.165) is 12.0 Å². The van der Waals surface area contributed by atoms with E-state index in [9.17, 15) is 9.18 Å². The van der Waals surface area contributed by atoms with E-state index in [2.05, 4.69) is 0 Å². The number of esters is 1. The maximum absolute atomic E-state index is 13.4. The Morgan fingerprint density at radius 2 is 1.94 bits per heavy atom. The number of halogens is 1. The summed E-state index contributed by atoms with van der Waals surface area (Å²) in [5.41, 5.74) is 1.01. The van der Waals surface area contributed by atoms with Crippen LogP contribution in [0.2, 0.25) is 0 Å². The topological polar surface area (TPSA) is 26.3 Å². The lowest BCUT2D eigenvalue weighted by Gasteiger charge is -2.06. The summed E-state index contributed by atoms with van der Waals surface area (Å²) in [7, 11) is 0. The summed E-state index contributed by atoms with van der Waals surface area (Å²) in [6, 6.07) is 13.0. The van der Waals surface area contributed by atoms with Gasteiger partial charge in [0.2, 0.25) is 0 Å². The Labute approximate surface area is 105 Å². The van der Waals surface area contributed by atoms with Crippen LogP contribution in [0.25, 0.3) is 0 Å². The Balaban J connectivity index is 2.19. The van der Waals surface area contributed by atoms with Crippen molar-refractivity contribution in [3.63, 3.8) is 0 Å². The molecule has 0 atom stereocenters. The molecule has 3 heteroatoms. The molecule has 0 aliphatic rings. The second-order valence-corrected chi connectivity index (χ2v) is 3.87. The molecule has 18 heavy (non-hydrogen) atoms. The van der Waals surface area contributed by atoms with Crippen LogP contribution in [-0.2, 0) is 6.42 Å². The zero-order valence-corrected chi connectivity index (χ0v) is 10.0. The van der Waals surface area contributed by atoms with Crippen molar-refractivity contribution in [3.05, 3.63) is 65.5 Å². The molecule has 2 aromatic rings. The second-order valence-electron chi connectivity index (χ2n) is 3.87. The van der Waals surface area contributed by atoms with Crippen molar-refractivity contribution < 1.29 is 13.9 Å². The molecule has 0 unspecified atom stereocenters. The zero-order chi connectivity index (χ0) is 13.0. The van der Waals surface area contributed by atoms with Crippen LogP contribution in [-0.4, -0.2) is 5.97 Å². The Kier molecular flexibility index (Phi) is 3.72. The van der Waals surface area contributed by atoms with Crippen molar-refractivity contribution in [3.8, 4) is 5.75 Å². The summed E-state index contributed by atoms with van der Waals surface area (Å²) in [6.45, 7) is 2.01. The van der Waals surface area contributed by atoms with Crippen molar-refractivity contribution in [2.45, 2.75) is 13.3 Å². The van der Waals surface area contributed by atoms with Crippen molar-refractivity contribution in [2.24, 2.45) is 0 Å². The van der Waals surface area contributed by atoms with Gasteiger partial charge < -0.3 is 4.74 Å². The second kappa shape index (κ2) is 5.45. The number of aryl methyl sites for hydroxylation is 1. The summed E-state index contributed by atoms with van der Waals surface area (Å²) >= 11 is 0. The molecular formula is C15H13FO2. The van der Waals surface area contributed by atoms with Gasteiger partial charge in [0, 0.05) is 0 Å². The van der Waals surface area contributed by atoms with Gasteiger partial charge in [0.05, 0.1) is 5.56 Å². The van der Waals surface area contributed by atoms with Gasteiger partial charge in [-0.1, -0.05) is 31.2 Å². The molecule has 0 bridgehead atoms. The quantitative estimate of drug-likeness (QED) is 0.609. The van der Waals surface area contributed by atoms with Crippen LogP contribution in [0.15, 0.2) is 48.5 Å². The molecule has 0 spiro atoms. The van der Waals surface area contributed by atoms with Crippen LogP contribution < -0.4 is 4.74 Å². The average molecular weight is 244 g/mol. The van der Waals surface area contributed by atoms with Gasteiger partial charge >= 0.3 is 5.97 Å². The lowest BCUT2D eigenvalue weighted by Crippen LogP contribution is -2.10. The number of hydrogen-bond donors (Lipinski definition) is 0. The van der Waals surface area contributed by atoms with Crippen molar-refractivity contribution >= 4 is 5.97 Å². The molecule has 0 aromatic heterocycles. The molecule has 0 radical (unpaired) electrons. The Hall–Kier alpha value is -2.16. The van der Waals surface area contributed by atoms with Gasteiger partial charge in [0.25, 0.3) is 0 Å². The van der Waals surface area contributed by atoms with Crippen LogP contribution in [0, 0.1) is 5.82 Å². The van der Waals surface area contributed by atoms with Gasteiger partial charge in [0.1, 0.15) is 11.6 Å². The number of carbonyl (C=O) groups excluding carboxylic acids is 1. The Morgan fingerprint density at radius 3 is 2.67 bits per heavy atom. The van der Waals surface area contributed by atoms with E-state index < -0.39 is 11.8 Å². The van der Waals surface area contributed by atoms with E-state index in [4.69, 9.17) is 4.74 Å². The Morgan fingerprint density at radius 1 is 1.17 bits per heavy atom. The van der Waals surface area contributed by atoms with E-state index in [1.165, 1.54) is 18.2 Å². The van der Waals surface area contributed by atoms with Gasteiger partial charge in [-0.2, -0.15) is 0 Å². The van der Waals surface area contributed by atoms with Crippen LogP contribution in [0.3, 0.4) is 0 Å². The lowest BCUT2D eigenvalue weighted by atomic mass is 10.1. The minimum Gasteiger partial charge on any atom is -0.423 e. The number of ether oxygens (including phenoxy) is 1. The predicted octanol–water partition coefficient (Wildman–Crippen LogP) is 3.61. The molecule has 0 aliphatic heterocycles. The van der Waals surface area contributed by atoms with Crippen molar-refractivity contribution in [2.75, 3.05) is 0 Å². The third kappa shape index (κ3) is 2.74. The van der Waals surface area contributed by atoms with Gasteiger partial charge in [-0.05, 0) is 36.2 Å².